The number of carbonyl (C=O) groups excluding carboxylic acids is 1. The second kappa shape index (κ2) is 5.19. The number of thiophene rings is 1. The van der Waals surface area contributed by atoms with Gasteiger partial charge in [0.05, 0.1) is 6.42 Å². The average molecular weight is 258 g/mol. The lowest BCUT2D eigenvalue weighted by molar-refractivity contribution is -0.132. The van der Waals surface area contributed by atoms with E-state index in [-0.39, 0.29) is 11.3 Å². The molecule has 0 spiro atoms. The molecular formula is C12H16ClNOS. The Morgan fingerprint density at radius 3 is 3.12 bits per heavy atom. The highest BCUT2D eigenvalue weighted by Gasteiger charge is 2.27. The molecule has 2 rings (SSSR count). The standard InChI is InChI=1S/C12H16ClNOS/c1-9-8-14(5-4-11(9)13)12(15)7-10-3-2-6-16-10/h2-3,6,9,11H,4-5,7-8H2,1H3. The van der Waals surface area contributed by atoms with E-state index in [1.54, 1.807) is 11.3 Å². The Morgan fingerprint density at radius 1 is 1.69 bits per heavy atom. The molecule has 2 nitrogen and oxygen atoms in total. The molecule has 1 aliphatic rings. The highest BCUT2D eigenvalue weighted by atomic mass is 35.5. The van der Waals surface area contributed by atoms with E-state index in [0.717, 1.165) is 24.4 Å². The van der Waals surface area contributed by atoms with Crippen LogP contribution in [0.5, 0.6) is 0 Å². The van der Waals surface area contributed by atoms with E-state index < -0.39 is 0 Å². The smallest absolute Gasteiger partial charge is 0.227 e. The molecule has 1 amide bonds. The molecule has 4 heteroatoms. The maximum atomic E-state index is 12.0. The van der Waals surface area contributed by atoms with E-state index in [4.69, 9.17) is 11.6 Å². The Kier molecular flexibility index (Phi) is 3.87. The van der Waals surface area contributed by atoms with Crippen molar-refractivity contribution in [2.75, 3.05) is 13.1 Å². The van der Waals surface area contributed by atoms with Gasteiger partial charge in [0.25, 0.3) is 0 Å². The molecule has 0 saturated carbocycles. The molecule has 0 radical (unpaired) electrons. The number of alkyl halides is 1. The van der Waals surface area contributed by atoms with E-state index in [1.807, 2.05) is 22.4 Å². The van der Waals surface area contributed by atoms with Gasteiger partial charge in [-0.15, -0.1) is 22.9 Å². The summed E-state index contributed by atoms with van der Waals surface area (Å²) in [5, 5.41) is 2.24. The predicted octanol–water partition coefficient (Wildman–Crippen LogP) is 2.77. The number of carbonyl (C=O) groups is 1. The quantitative estimate of drug-likeness (QED) is 0.746. The van der Waals surface area contributed by atoms with Crippen molar-refractivity contribution in [3.8, 4) is 0 Å². The summed E-state index contributed by atoms with van der Waals surface area (Å²) in [6, 6.07) is 4.00. The molecule has 1 aromatic rings. The number of piperidine rings is 1. The third-order valence-corrected chi connectivity index (χ3v) is 4.58. The molecule has 2 heterocycles. The summed E-state index contributed by atoms with van der Waals surface area (Å²) in [5.74, 6) is 0.639. The lowest BCUT2D eigenvalue weighted by Gasteiger charge is -2.34. The molecule has 2 atom stereocenters. The van der Waals surface area contributed by atoms with Crippen molar-refractivity contribution in [3.63, 3.8) is 0 Å². The fourth-order valence-corrected chi connectivity index (χ4v) is 2.89. The number of hydrogen-bond acceptors (Lipinski definition) is 2. The lowest BCUT2D eigenvalue weighted by atomic mass is 9.99. The zero-order chi connectivity index (χ0) is 11.5. The van der Waals surface area contributed by atoms with E-state index in [9.17, 15) is 4.79 Å². The minimum atomic E-state index is 0.228. The first-order valence-corrected chi connectivity index (χ1v) is 6.92. The Hall–Kier alpha value is -0.540. The molecule has 1 saturated heterocycles. The number of amides is 1. The number of nitrogens with zero attached hydrogens (tertiary/aromatic N) is 1. The molecule has 88 valence electrons. The van der Waals surface area contributed by atoms with Gasteiger partial charge < -0.3 is 4.90 Å². The molecule has 0 bridgehead atoms. The molecule has 1 aromatic heterocycles. The highest BCUT2D eigenvalue weighted by Crippen LogP contribution is 2.22. The van der Waals surface area contributed by atoms with Crippen LogP contribution in [0.2, 0.25) is 0 Å². The number of likely N-dealkylation sites (tertiary alicyclic amines) is 1. The van der Waals surface area contributed by atoms with Crippen LogP contribution in [-0.4, -0.2) is 29.3 Å². The largest absolute Gasteiger partial charge is 0.342 e. The Bertz CT molecular complexity index is 352. The van der Waals surface area contributed by atoms with Crippen LogP contribution in [0.15, 0.2) is 17.5 Å². The van der Waals surface area contributed by atoms with Gasteiger partial charge in [0.15, 0.2) is 0 Å². The minimum absolute atomic E-state index is 0.228. The summed E-state index contributed by atoms with van der Waals surface area (Å²) in [6.45, 7) is 3.73. The van der Waals surface area contributed by atoms with Gasteiger partial charge in [-0.1, -0.05) is 13.0 Å². The van der Waals surface area contributed by atoms with Crippen molar-refractivity contribution in [3.05, 3.63) is 22.4 Å². The maximum absolute atomic E-state index is 12.0. The van der Waals surface area contributed by atoms with Crippen LogP contribution in [0.4, 0.5) is 0 Å². The second-order valence-corrected chi connectivity index (χ2v) is 5.97. The summed E-state index contributed by atoms with van der Waals surface area (Å²) >= 11 is 7.79. The Labute approximate surface area is 105 Å². The molecule has 0 aliphatic carbocycles. The van der Waals surface area contributed by atoms with Crippen molar-refractivity contribution in [1.82, 2.24) is 4.90 Å². The van der Waals surface area contributed by atoms with Gasteiger partial charge in [-0.05, 0) is 23.8 Å². The van der Waals surface area contributed by atoms with Gasteiger partial charge >= 0.3 is 0 Å². The summed E-state index contributed by atoms with van der Waals surface area (Å²) in [5.41, 5.74) is 0. The number of halogens is 1. The van der Waals surface area contributed by atoms with Crippen molar-refractivity contribution >= 4 is 28.8 Å². The molecule has 0 N–H and O–H groups in total. The molecule has 2 unspecified atom stereocenters. The van der Waals surface area contributed by atoms with Gasteiger partial charge in [-0.25, -0.2) is 0 Å². The van der Waals surface area contributed by atoms with E-state index in [1.165, 1.54) is 0 Å². The first kappa shape index (κ1) is 11.9. The third-order valence-electron chi connectivity index (χ3n) is 3.06. The minimum Gasteiger partial charge on any atom is -0.342 e. The SMILES string of the molecule is CC1CN(C(=O)Cc2cccs2)CCC1Cl. The maximum Gasteiger partial charge on any atom is 0.227 e. The molecule has 0 aromatic carbocycles. The van der Waals surface area contributed by atoms with Gasteiger partial charge in [-0.2, -0.15) is 0 Å². The van der Waals surface area contributed by atoms with Gasteiger partial charge in [0, 0.05) is 23.3 Å². The Morgan fingerprint density at radius 2 is 2.50 bits per heavy atom. The van der Waals surface area contributed by atoms with Crippen LogP contribution < -0.4 is 0 Å². The zero-order valence-corrected chi connectivity index (χ0v) is 10.9. The highest BCUT2D eigenvalue weighted by molar-refractivity contribution is 7.10. The predicted molar refractivity (Wildman–Crippen MR) is 68.0 cm³/mol. The normalized spacial score (nSPS) is 25.8. The molecule has 1 fully saturated rings. The van der Waals surface area contributed by atoms with Crippen LogP contribution >= 0.6 is 22.9 Å². The number of rotatable bonds is 2. The monoisotopic (exact) mass is 257 g/mol. The second-order valence-electron chi connectivity index (χ2n) is 4.38. The van der Waals surface area contributed by atoms with E-state index in [0.29, 0.717) is 12.3 Å². The van der Waals surface area contributed by atoms with Gasteiger partial charge in [-0.3, -0.25) is 4.79 Å². The first-order valence-electron chi connectivity index (χ1n) is 5.61. The molecular weight excluding hydrogens is 242 g/mol. The van der Waals surface area contributed by atoms with Crippen molar-refractivity contribution in [2.45, 2.75) is 25.1 Å². The van der Waals surface area contributed by atoms with Gasteiger partial charge in [0.2, 0.25) is 5.91 Å². The average Bonchev–Trinajstić information content (AvgIpc) is 2.74. The fraction of sp³-hybridized carbons (Fsp3) is 0.583. The van der Waals surface area contributed by atoms with Gasteiger partial charge in [0.1, 0.15) is 0 Å². The summed E-state index contributed by atoms with van der Waals surface area (Å²) < 4.78 is 0. The molecule has 16 heavy (non-hydrogen) atoms. The van der Waals surface area contributed by atoms with E-state index >= 15 is 0 Å². The number of hydrogen-bond donors (Lipinski definition) is 0. The van der Waals surface area contributed by atoms with Crippen molar-refractivity contribution < 1.29 is 4.79 Å². The van der Waals surface area contributed by atoms with E-state index in [2.05, 4.69) is 6.92 Å². The van der Waals surface area contributed by atoms with Crippen LogP contribution in [-0.2, 0) is 11.2 Å². The summed E-state index contributed by atoms with van der Waals surface area (Å²) in [4.78, 5) is 15.1. The topological polar surface area (TPSA) is 20.3 Å². The summed E-state index contributed by atoms with van der Waals surface area (Å²) in [7, 11) is 0. The Balaban J connectivity index is 1.90. The van der Waals surface area contributed by atoms with Crippen LogP contribution in [0, 0.1) is 5.92 Å². The lowest BCUT2D eigenvalue weighted by Crippen LogP contribution is -2.43. The van der Waals surface area contributed by atoms with Crippen molar-refractivity contribution in [1.29, 1.82) is 0 Å². The van der Waals surface area contributed by atoms with Crippen molar-refractivity contribution in [2.24, 2.45) is 5.92 Å². The zero-order valence-electron chi connectivity index (χ0n) is 9.36. The van der Waals surface area contributed by atoms with Crippen LogP contribution in [0.1, 0.15) is 18.2 Å². The molecule has 1 aliphatic heterocycles. The summed E-state index contributed by atoms with van der Waals surface area (Å²) in [6.07, 6.45) is 1.45. The first-order chi connectivity index (χ1) is 7.66. The van der Waals surface area contributed by atoms with Crippen LogP contribution in [0.3, 0.4) is 0 Å². The van der Waals surface area contributed by atoms with Crippen LogP contribution in [0.25, 0.3) is 0 Å². The third kappa shape index (κ3) is 2.77. The fourth-order valence-electron chi connectivity index (χ4n) is 2.02.